The maximum Gasteiger partial charge on any atom is 0.285 e. The van der Waals surface area contributed by atoms with E-state index in [1.54, 1.807) is 0 Å². The lowest BCUT2D eigenvalue weighted by molar-refractivity contribution is -0.406. The van der Waals surface area contributed by atoms with Gasteiger partial charge in [-0.05, 0) is 56.6 Å². The van der Waals surface area contributed by atoms with Crippen LogP contribution in [-0.4, -0.2) is 25.8 Å². The molecule has 1 unspecified atom stereocenters. The van der Waals surface area contributed by atoms with E-state index < -0.39 is 23.4 Å². The predicted molar refractivity (Wildman–Crippen MR) is 132 cm³/mol. The van der Waals surface area contributed by atoms with Gasteiger partial charge in [0.1, 0.15) is 5.82 Å². The molecule has 0 saturated carbocycles. The SMILES string of the molecule is CCCCCCCCC(CCCc1cc(F)c(F)cc1F)C(OCCC)(OCCC)OCCC. The molecule has 3 nitrogen and oxygen atoms in total. The van der Waals surface area contributed by atoms with E-state index in [1.165, 1.54) is 25.7 Å². The summed E-state index contributed by atoms with van der Waals surface area (Å²) in [6, 6.07) is 1.59. The quantitative estimate of drug-likeness (QED) is 0.0983. The summed E-state index contributed by atoms with van der Waals surface area (Å²) in [6.07, 6.45) is 12.1. The van der Waals surface area contributed by atoms with Crippen LogP contribution in [0.2, 0.25) is 0 Å². The minimum atomic E-state index is -1.16. The number of unbranched alkanes of at least 4 members (excludes halogenated alkanes) is 5. The Kier molecular flexibility index (Phi) is 16.6. The van der Waals surface area contributed by atoms with Crippen molar-refractivity contribution in [2.75, 3.05) is 19.8 Å². The molecular weight excluding hydrogens is 441 g/mol. The minimum Gasteiger partial charge on any atom is -0.327 e. The smallest absolute Gasteiger partial charge is 0.285 e. The molecule has 1 rings (SSSR count). The standard InChI is InChI=1S/C28H47F3O3/c1-5-9-10-11-12-13-16-24(17-14-15-23-21-26(30)27(31)22-25(23)29)28(32-18-6-2,33-19-7-3)34-20-8-4/h21-22,24H,5-20H2,1-4H3. The predicted octanol–water partition coefficient (Wildman–Crippen LogP) is 8.73. The van der Waals surface area contributed by atoms with Crippen LogP contribution in [-0.2, 0) is 20.6 Å². The van der Waals surface area contributed by atoms with E-state index in [1.807, 2.05) is 0 Å². The van der Waals surface area contributed by atoms with Crippen LogP contribution < -0.4 is 0 Å². The molecule has 1 aromatic carbocycles. The number of aryl methyl sites for hydroxylation is 1. The summed E-state index contributed by atoms with van der Waals surface area (Å²) >= 11 is 0. The Morgan fingerprint density at radius 3 is 1.68 bits per heavy atom. The van der Waals surface area contributed by atoms with Crippen LogP contribution in [0, 0.1) is 23.4 Å². The summed E-state index contributed by atoms with van der Waals surface area (Å²) < 4.78 is 59.9. The van der Waals surface area contributed by atoms with Crippen molar-refractivity contribution >= 4 is 0 Å². The fraction of sp³-hybridized carbons (Fsp3) is 0.786. The van der Waals surface area contributed by atoms with Gasteiger partial charge in [-0.1, -0.05) is 66.2 Å². The van der Waals surface area contributed by atoms with Crippen molar-refractivity contribution in [2.24, 2.45) is 5.92 Å². The largest absolute Gasteiger partial charge is 0.327 e. The summed E-state index contributed by atoms with van der Waals surface area (Å²) in [4.78, 5) is 0. The zero-order chi connectivity index (χ0) is 25.2. The van der Waals surface area contributed by atoms with Gasteiger partial charge in [0.2, 0.25) is 0 Å². The van der Waals surface area contributed by atoms with Crippen molar-refractivity contribution < 1.29 is 27.4 Å². The molecular formula is C28H47F3O3. The van der Waals surface area contributed by atoms with E-state index in [2.05, 4.69) is 27.7 Å². The third kappa shape index (κ3) is 11.1. The molecule has 0 saturated heterocycles. The fourth-order valence-electron chi connectivity index (χ4n) is 4.17. The van der Waals surface area contributed by atoms with Crippen LogP contribution in [0.4, 0.5) is 13.2 Å². The molecule has 0 aliphatic heterocycles. The van der Waals surface area contributed by atoms with Gasteiger partial charge in [-0.3, -0.25) is 0 Å². The van der Waals surface area contributed by atoms with Gasteiger partial charge in [0.25, 0.3) is 5.97 Å². The number of hydrogen-bond donors (Lipinski definition) is 0. The molecule has 0 amide bonds. The third-order valence-electron chi connectivity index (χ3n) is 6.02. The monoisotopic (exact) mass is 488 g/mol. The van der Waals surface area contributed by atoms with Gasteiger partial charge in [0.15, 0.2) is 11.6 Å². The summed E-state index contributed by atoms with van der Waals surface area (Å²) in [7, 11) is 0. The van der Waals surface area contributed by atoms with Crippen LogP contribution in [0.3, 0.4) is 0 Å². The van der Waals surface area contributed by atoms with Crippen molar-refractivity contribution in [1.29, 1.82) is 0 Å². The zero-order valence-electron chi connectivity index (χ0n) is 21.9. The molecule has 0 aromatic heterocycles. The molecule has 0 spiro atoms. The molecule has 0 aliphatic rings. The first kappa shape index (κ1) is 30.9. The van der Waals surface area contributed by atoms with Crippen LogP contribution in [0.25, 0.3) is 0 Å². The Labute approximate surface area is 205 Å². The van der Waals surface area contributed by atoms with Crippen molar-refractivity contribution in [3.63, 3.8) is 0 Å². The summed E-state index contributed by atoms with van der Waals surface area (Å²) in [5.41, 5.74) is 0.196. The van der Waals surface area contributed by atoms with Gasteiger partial charge in [-0.25, -0.2) is 13.2 Å². The van der Waals surface area contributed by atoms with E-state index in [0.717, 1.165) is 44.6 Å². The van der Waals surface area contributed by atoms with Gasteiger partial charge in [0.05, 0.1) is 19.8 Å². The average molecular weight is 489 g/mol. The lowest BCUT2D eigenvalue weighted by Gasteiger charge is -2.40. The van der Waals surface area contributed by atoms with E-state index in [4.69, 9.17) is 14.2 Å². The van der Waals surface area contributed by atoms with Crippen molar-refractivity contribution in [1.82, 2.24) is 0 Å². The van der Waals surface area contributed by atoms with E-state index in [-0.39, 0.29) is 11.5 Å². The van der Waals surface area contributed by atoms with Gasteiger partial charge >= 0.3 is 0 Å². The van der Waals surface area contributed by atoms with E-state index >= 15 is 0 Å². The normalized spacial score (nSPS) is 12.9. The number of ether oxygens (including phenoxy) is 3. The molecule has 0 fully saturated rings. The Bertz CT molecular complexity index is 632. The Morgan fingerprint density at radius 2 is 1.12 bits per heavy atom. The summed E-state index contributed by atoms with van der Waals surface area (Å²) in [6.45, 7) is 9.95. The fourth-order valence-corrected chi connectivity index (χ4v) is 4.17. The van der Waals surface area contributed by atoms with Crippen LogP contribution in [0.15, 0.2) is 12.1 Å². The maximum atomic E-state index is 14.2. The number of halogens is 3. The second kappa shape index (κ2) is 18.2. The highest BCUT2D eigenvalue weighted by Crippen LogP contribution is 2.35. The number of rotatable bonds is 21. The molecule has 198 valence electrons. The van der Waals surface area contributed by atoms with Gasteiger partial charge < -0.3 is 14.2 Å². The molecule has 0 radical (unpaired) electrons. The highest BCUT2D eigenvalue weighted by Gasteiger charge is 2.42. The molecule has 6 heteroatoms. The molecule has 0 aliphatic carbocycles. The maximum absolute atomic E-state index is 14.2. The second-order valence-corrected chi connectivity index (χ2v) is 9.15. The lowest BCUT2D eigenvalue weighted by atomic mass is 9.91. The molecule has 34 heavy (non-hydrogen) atoms. The topological polar surface area (TPSA) is 27.7 Å². The Morgan fingerprint density at radius 1 is 0.618 bits per heavy atom. The highest BCUT2D eigenvalue weighted by atomic mass is 19.2. The minimum absolute atomic E-state index is 0.0309. The zero-order valence-corrected chi connectivity index (χ0v) is 21.9. The Balaban J connectivity index is 2.98. The molecule has 1 aromatic rings. The van der Waals surface area contributed by atoms with Crippen LogP contribution in [0.1, 0.15) is 110 Å². The second-order valence-electron chi connectivity index (χ2n) is 9.15. The first-order valence-corrected chi connectivity index (χ1v) is 13.5. The number of benzene rings is 1. The van der Waals surface area contributed by atoms with Crippen molar-refractivity contribution in [3.05, 3.63) is 35.1 Å². The van der Waals surface area contributed by atoms with E-state index in [9.17, 15) is 13.2 Å². The van der Waals surface area contributed by atoms with Crippen molar-refractivity contribution in [2.45, 2.75) is 117 Å². The molecule has 1 atom stereocenters. The van der Waals surface area contributed by atoms with E-state index in [0.29, 0.717) is 45.1 Å². The van der Waals surface area contributed by atoms with Crippen LogP contribution in [0.5, 0.6) is 0 Å². The summed E-state index contributed by atoms with van der Waals surface area (Å²) in [5, 5.41) is 0. The van der Waals surface area contributed by atoms with Crippen LogP contribution >= 0.6 is 0 Å². The Hall–Kier alpha value is -1.11. The molecule has 0 bridgehead atoms. The first-order valence-electron chi connectivity index (χ1n) is 13.5. The number of hydrogen-bond acceptors (Lipinski definition) is 3. The molecule has 0 N–H and O–H groups in total. The summed E-state index contributed by atoms with van der Waals surface area (Å²) in [5.74, 6) is -4.03. The first-order chi connectivity index (χ1) is 16.4. The van der Waals surface area contributed by atoms with Gasteiger partial charge in [0, 0.05) is 12.0 Å². The lowest BCUT2D eigenvalue weighted by Crippen LogP contribution is -2.47. The third-order valence-corrected chi connectivity index (χ3v) is 6.02. The van der Waals surface area contributed by atoms with Crippen molar-refractivity contribution in [3.8, 4) is 0 Å². The van der Waals surface area contributed by atoms with Gasteiger partial charge in [-0.2, -0.15) is 0 Å². The molecule has 0 heterocycles. The highest BCUT2D eigenvalue weighted by molar-refractivity contribution is 5.20. The average Bonchev–Trinajstić information content (AvgIpc) is 2.83. The van der Waals surface area contributed by atoms with Gasteiger partial charge in [-0.15, -0.1) is 0 Å².